The predicted molar refractivity (Wildman–Crippen MR) is 106 cm³/mol. The van der Waals surface area contributed by atoms with Crippen molar-refractivity contribution in [1.29, 1.82) is 0 Å². The molecule has 29 heavy (non-hydrogen) atoms. The number of hydrogen-bond donors (Lipinski definition) is 2. The number of carbonyl (C=O) groups excluding carboxylic acids is 1. The van der Waals surface area contributed by atoms with Crippen molar-refractivity contribution in [3.8, 4) is 17.2 Å². The molecule has 2 fully saturated rings. The number of cyclic esters (lactones) is 1. The van der Waals surface area contributed by atoms with Gasteiger partial charge in [0, 0.05) is 24.0 Å². The van der Waals surface area contributed by atoms with Crippen molar-refractivity contribution in [2.24, 2.45) is 0 Å². The van der Waals surface area contributed by atoms with Gasteiger partial charge >= 0.3 is 5.97 Å². The van der Waals surface area contributed by atoms with Gasteiger partial charge in [-0.05, 0) is 56.1 Å². The fourth-order valence-electron chi connectivity index (χ4n) is 4.70. The van der Waals surface area contributed by atoms with Crippen LogP contribution in [-0.2, 0) is 9.53 Å². The van der Waals surface area contributed by atoms with E-state index in [1.54, 1.807) is 6.07 Å². The molecule has 2 N–H and O–H groups in total. The highest BCUT2D eigenvalue weighted by Crippen LogP contribution is 2.48. The molecule has 5 rings (SSSR count). The van der Waals surface area contributed by atoms with Gasteiger partial charge in [-0.2, -0.15) is 0 Å². The lowest BCUT2D eigenvalue weighted by Gasteiger charge is -2.45. The maximum Gasteiger partial charge on any atom is 0.347 e. The van der Waals surface area contributed by atoms with E-state index in [2.05, 4.69) is 11.4 Å². The highest BCUT2D eigenvalue weighted by atomic mass is 16.6. The second kappa shape index (κ2) is 7.26. The van der Waals surface area contributed by atoms with Gasteiger partial charge < -0.3 is 24.6 Å². The molecule has 2 aromatic carbocycles. The van der Waals surface area contributed by atoms with Gasteiger partial charge in [-0.1, -0.05) is 18.2 Å². The van der Waals surface area contributed by atoms with Crippen molar-refractivity contribution >= 4 is 5.97 Å². The molecule has 152 valence electrons. The van der Waals surface area contributed by atoms with Gasteiger partial charge in [0.15, 0.2) is 6.10 Å². The summed E-state index contributed by atoms with van der Waals surface area (Å²) in [7, 11) is 0. The standard InChI is InChI=1S/C23H25NO5/c25-16-3-1-2-15(12-16)19-14-23(7-9-24-10-8-23)29-21-13-17(4-5-18(19)21)28-20-6-11-27-22(20)26/h1-5,12-13,19-20,24-25H,6-11,14H2. The van der Waals surface area contributed by atoms with Crippen molar-refractivity contribution in [2.45, 2.75) is 43.3 Å². The monoisotopic (exact) mass is 395 g/mol. The molecule has 6 nitrogen and oxygen atoms in total. The molecule has 2 unspecified atom stereocenters. The first kappa shape index (κ1) is 18.3. The number of nitrogens with one attached hydrogen (secondary N) is 1. The van der Waals surface area contributed by atoms with Gasteiger partial charge in [-0.25, -0.2) is 4.79 Å². The molecule has 0 aromatic heterocycles. The lowest BCUT2D eigenvalue weighted by atomic mass is 9.75. The first-order chi connectivity index (χ1) is 14.1. The Morgan fingerprint density at radius 1 is 1.14 bits per heavy atom. The summed E-state index contributed by atoms with van der Waals surface area (Å²) in [5, 5.41) is 13.4. The lowest BCUT2D eigenvalue weighted by Crippen LogP contribution is -2.49. The molecule has 6 heteroatoms. The smallest absolute Gasteiger partial charge is 0.347 e. The summed E-state index contributed by atoms with van der Waals surface area (Å²) in [6, 6.07) is 13.3. The fourth-order valence-corrected chi connectivity index (χ4v) is 4.70. The van der Waals surface area contributed by atoms with E-state index in [-0.39, 0.29) is 23.2 Å². The average Bonchev–Trinajstić information content (AvgIpc) is 3.12. The third kappa shape index (κ3) is 3.53. The zero-order chi connectivity index (χ0) is 19.8. The van der Waals surface area contributed by atoms with Gasteiger partial charge in [0.05, 0.1) is 6.61 Å². The molecule has 3 heterocycles. The number of rotatable bonds is 3. The number of benzene rings is 2. The summed E-state index contributed by atoms with van der Waals surface area (Å²) in [5.41, 5.74) is 1.93. The minimum Gasteiger partial charge on any atom is -0.508 e. The number of phenols is 1. The maximum atomic E-state index is 11.8. The van der Waals surface area contributed by atoms with Crippen LogP contribution in [-0.4, -0.2) is 42.5 Å². The normalized spacial score (nSPS) is 25.2. The number of ether oxygens (including phenoxy) is 3. The van der Waals surface area contributed by atoms with Gasteiger partial charge in [0.25, 0.3) is 0 Å². The van der Waals surface area contributed by atoms with Crippen LogP contribution in [0.3, 0.4) is 0 Å². The summed E-state index contributed by atoms with van der Waals surface area (Å²) in [5.74, 6) is 1.52. The molecule has 2 aromatic rings. The van der Waals surface area contributed by atoms with E-state index in [4.69, 9.17) is 14.2 Å². The Hall–Kier alpha value is -2.73. The molecule has 2 atom stereocenters. The highest BCUT2D eigenvalue weighted by Gasteiger charge is 2.42. The largest absolute Gasteiger partial charge is 0.508 e. The summed E-state index contributed by atoms with van der Waals surface area (Å²) in [4.78, 5) is 11.8. The Bertz CT molecular complexity index is 921. The minimum atomic E-state index is -0.550. The SMILES string of the molecule is O=C1OCCC1Oc1ccc2c(c1)OC1(CCNCC1)CC2c1cccc(O)c1. The molecule has 0 saturated carbocycles. The van der Waals surface area contributed by atoms with Gasteiger partial charge in [-0.3, -0.25) is 0 Å². The quantitative estimate of drug-likeness (QED) is 0.778. The molecular weight excluding hydrogens is 370 g/mol. The zero-order valence-electron chi connectivity index (χ0n) is 16.2. The number of aromatic hydroxyl groups is 1. The van der Waals surface area contributed by atoms with Crippen LogP contribution < -0.4 is 14.8 Å². The summed E-state index contributed by atoms with van der Waals surface area (Å²) >= 11 is 0. The minimum absolute atomic E-state index is 0.134. The summed E-state index contributed by atoms with van der Waals surface area (Å²) in [6.45, 7) is 2.25. The van der Waals surface area contributed by atoms with Crippen LogP contribution in [0.5, 0.6) is 17.2 Å². The lowest BCUT2D eigenvalue weighted by molar-refractivity contribution is -0.143. The summed E-state index contributed by atoms with van der Waals surface area (Å²) < 4.78 is 17.5. The molecule has 0 radical (unpaired) electrons. The maximum absolute atomic E-state index is 11.8. The van der Waals surface area contributed by atoms with E-state index in [1.165, 1.54) is 0 Å². The van der Waals surface area contributed by atoms with Crippen molar-refractivity contribution in [3.63, 3.8) is 0 Å². The van der Waals surface area contributed by atoms with Gasteiger partial charge in [-0.15, -0.1) is 0 Å². The first-order valence-corrected chi connectivity index (χ1v) is 10.3. The molecule has 3 aliphatic heterocycles. The van der Waals surface area contributed by atoms with E-state index >= 15 is 0 Å². The number of piperidine rings is 1. The third-order valence-electron chi connectivity index (χ3n) is 6.22. The first-order valence-electron chi connectivity index (χ1n) is 10.3. The van der Waals surface area contributed by atoms with Gasteiger partial charge in [0.2, 0.25) is 0 Å². The number of carbonyl (C=O) groups is 1. The molecule has 0 amide bonds. The number of hydrogen-bond acceptors (Lipinski definition) is 6. The second-order valence-electron chi connectivity index (χ2n) is 8.15. The Balaban J connectivity index is 1.51. The molecule has 3 aliphatic rings. The Labute approximate surface area is 169 Å². The number of fused-ring (bicyclic) bond motifs is 1. The van der Waals surface area contributed by atoms with Crippen molar-refractivity contribution in [3.05, 3.63) is 53.6 Å². The molecular formula is C23H25NO5. The topological polar surface area (TPSA) is 77.0 Å². The molecule has 2 saturated heterocycles. The Morgan fingerprint density at radius 3 is 2.76 bits per heavy atom. The van der Waals surface area contributed by atoms with Crippen LogP contribution in [0.1, 0.15) is 42.7 Å². The van der Waals surface area contributed by atoms with Crippen LogP contribution in [0, 0.1) is 0 Å². The summed E-state index contributed by atoms with van der Waals surface area (Å²) in [6.07, 6.45) is 2.76. The van der Waals surface area contributed by atoms with Crippen molar-refractivity contribution in [2.75, 3.05) is 19.7 Å². The van der Waals surface area contributed by atoms with E-state index in [0.717, 1.165) is 49.2 Å². The van der Waals surface area contributed by atoms with E-state index in [1.807, 2.05) is 30.3 Å². The van der Waals surface area contributed by atoms with Crippen molar-refractivity contribution in [1.82, 2.24) is 5.32 Å². The van der Waals surface area contributed by atoms with E-state index in [9.17, 15) is 9.90 Å². The molecule has 1 spiro atoms. The fraction of sp³-hybridized carbons (Fsp3) is 0.435. The van der Waals surface area contributed by atoms with Crippen LogP contribution in [0.4, 0.5) is 0 Å². The molecule has 0 bridgehead atoms. The Kier molecular flexibility index (Phi) is 4.59. The third-order valence-corrected chi connectivity index (χ3v) is 6.22. The van der Waals surface area contributed by atoms with E-state index in [0.29, 0.717) is 18.8 Å². The Morgan fingerprint density at radius 2 is 2.00 bits per heavy atom. The second-order valence-corrected chi connectivity index (χ2v) is 8.15. The predicted octanol–water partition coefficient (Wildman–Crippen LogP) is 3.12. The number of esters is 1. The molecule has 0 aliphatic carbocycles. The van der Waals surface area contributed by atoms with E-state index < -0.39 is 6.10 Å². The van der Waals surface area contributed by atoms with Gasteiger partial charge in [0.1, 0.15) is 22.8 Å². The van der Waals surface area contributed by atoms with Crippen LogP contribution in [0.25, 0.3) is 0 Å². The van der Waals surface area contributed by atoms with Crippen LogP contribution in [0.15, 0.2) is 42.5 Å². The highest BCUT2D eigenvalue weighted by molar-refractivity contribution is 5.76. The van der Waals surface area contributed by atoms with Crippen molar-refractivity contribution < 1.29 is 24.1 Å². The van der Waals surface area contributed by atoms with Crippen LogP contribution in [0.2, 0.25) is 0 Å². The number of phenolic OH excluding ortho intramolecular Hbond substituents is 1. The van der Waals surface area contributed by atoms with Crippen LogP contribution >= 0.6 is 0 Å². The average molecular weight is 395 g/mol. The zero-order valence-corrected chi connectivity index (χ0v) is 16.2.